The van der Waals surface area contributed by atoms with Crippen molar-refractivity contribution in [1.29, 1.82) is 0 Å². The van der Waals surface area contributed by atoms with E-state index in [2.05, 4.69) is 0 Å². The van der Waals surface area contributed by atoms with Crippen LogP contribution in [0.5, 0.6) is 0 Å². The Labute approximate surface area is 232 Å². The number of alkyl halides is 4. The molecule has 0 radical (unpaired) electrons. The number of carboxylic acid groups (broad SMARTS) is 1. The molecule has 0 spiro atoms. The molecule has 1 saturated heterocycles. The molecule has 2 aliphatic carbocycles. The van der Waals surface area contributed by atoms with Gasteiger partial charge in [0.1, 0.15) is 0 Å². The number of carboxylic acids is 1. The minimum atomic E-state index is -5.02. The SMILES string of the molecule is CC(F)(c1ccc2c(c1)CCC1N(C(=O)[C@H]3CC[C@](C)(C(=O)O)CC3)CCCC21Cc1ccccc1)C(F)(F)F. The molecule has 2 fully saturated rings. The third-order valence-electron chi connectivity index (χ3n) is 10.0. The number of amides is 1. The van der Waals surface area contributed by atoms with Crippen molar-refractivity contribution in [3.8, 4) is 0 Å². The predicted octanol–water partition coefficient (Wildman–Crippen LogP) is 7.13. The number of benzene rings is 2. The van der Waals surface area contributed by atoms with Crippen molar-refractivity contribution in [3.05, 3.63) is 70.8 Å². The van der Waals surface area contributed by atoms with E-state index in [1.165, 1.54) is 12.1 Å². The summed E-state index contributed by atoms with van der Waals surface area (Å²) in [4.78, 5) is 27.7. The van der Waals surface area contributed by atoms with Crippen molar-refractivity contribution in [1.82, 2.24) is 4.90 Å². The Morgan fingerprint density at radius 2 is 1.68 bits per heavy atom. The Hall–Kier alpha value is -2.90. The normalized spacial score (nSPS) is 30.1. The lowest BCUT2D eigenvalue weighted by molar-refractivity contribution is -0.228. The third-order valence-corrected chi connectivity index (χ3v) is 10.0. The maximum Gasteiger partial charge on any atom is 0.426 e. The average Bonchev–Trinajstić information content (AvgIpc) is 2.92. The smallest absolute Gasteiger partial charge is 0.426 e. The lowest BCUT2D eigenvalue weighted by Gasteiger charge is -2.55. The highest BCUT2D eigenvalue weighted by molar-refractivity contribution is 5.81. The summed E-state index contributed by atoms with van der Waals surface area (Å²) in [7, 11) is 0. The van der Waals surface area contributed by atoms with E-state index >= 15 is 0 Å². The lowest BCUT2D eigenvalue weighted by Crippen LogP contribution is -2.60. The van der Waals surface area contributed by atoms with E-state index in [9.17, 15) is 32.3 Å². The van der Waals surface area contributed by atoms with Crippen LogP contribution in [0.2, 0.25) is 0 Å². The molecule has 8 heteroatoms. The van der Waals surface area contributed by atoms with Crippen molar-refractivity contribution in [2.24, 2.45) is 11.3 Å². The molecule has 3 unspecified atom stereocenters. The molecular weight excluding hydrogens is 522 g/mol. The van der Waals surface area contributed by atoms with Gasteiger partial charge in [-0.25, -0.2) is 4.39 Å². The van der Waals surface area contributed by atoms with Crippen LogP contribution in [-0.2, 0) is 33.5 Å². The number of likely N-dealkylation sites (tertiary alicyclic amines) is 1. The summed E-state index contributed by atoms with van der Waals surface area (Å²) in [5, 5.41) is 9.63. The Kier molecular flexibility index (Phi) is 7.28. The fourth-order valence-corrected chi connectivity index (χ4v) is 7.44. The van der Waals surface area contributed by atoms with Crippen LogP contribution in [0.25, 0.3) is 0 Å². The topological polar surface area (TPSA) is 57.6 Å². The molecule has 0 aromatic heterocycles. The largest absolute Gasteiger partial charge is 0.481 e. The Balaban J connectivity index is 1.51. The summed E-state index contributed by atoms with van der Waals surface area (Å²) in [5.41, 5.74) is -2.43. The zero-order valence-corrected chi connectivity index (χ0v) is 23.1. The number of aryl methyl sites for hydroxylation is 1. The van der Waals surface area contributed by atoms with E-state index in [0.717, 1.165) is 29.5 Å². The van der Waals surface area contributed by atoms with Crippen molar-refractivity contribution >= 4 is 11.9 Å². The van der Waals surface area contributed by atoms with Gasteiger partial charge in [-0.2, -0.15) is 13.2 Å². The number of carbonyl (C=O) groups excluding carboxylic acids is 1. The first-order valence-electron chi connectivity index (χ1n) is 14.3. The molecular formula is C32H37F4NO3. The summed E-state index contributed by atoms with van der Waals surface area (Å²) in [6.45, 7) is 2.92. The molecule has 3 atom stereocenters. The standard InChI is InChI=1S/C32H37F4NO3/c1-29(28(39)40)16-13-22(14-17-29)27(38)37-18-6-15-31(20-21-7-4-3-5-8-21)25-11-10-24(30(2,33)32(34,35)36)19-23(25)9-12-26(31)37/h3-5,7-8,10-11,19,22,26H,6,9,12-18,20H2,1-2H3,(H,39,40)/t22-,26?,29-,30?,31?. The van der Waals surface area contributed by atoms with Gasteiger partial charge in [-0.05, 0) is 93.9 Å². The van der Waals surface area contributed by atoms with Crippen LogP contribution in [0.3, 0.4) is 0 Å². The molecule has 216 valence electrons. The molecule has 1 aliphatic heterocycles. The molecule has 1 heterocycles. The van der Waals surface area contributed by atoms with Gasteiger partial charge >= 0.3 is 12.1 Å². The van der Waals surface area contributed by atoms with Gasteiger partial charge in [0.25, 0.3) is 0 Å². The van der Waals surface area contributed by atoms with Crippen molar-refractivity contribution in [3.63, 3.8) is 0 Å². The number of hydrogen-bond donors (Lipinski definition) is 1. The molecule has 4 nitrogen and oxygen atoms in total. The van der Waals surface area contributed by atoms with Crippen molar-refractivity contribution in [2.45, 2.75) is 94.9 Å². The summed E-state index contributed by atoms with van der Waals surface area (Å²) in [5.74, 6) is -0.998. The van der Waals surface area contributed by atoms with Gasteiger partial charge < -0.3 is 10.0 Å². The van der Waals surface area contributed by atoms with Crippen LogP contribution in [0.1, 0.15) is 81.0 Å². The molecule has 2 aromatic rings. The molecule has 1 saturated carbocycles. The summed E-state index contributed by atoms with van der Waals surface area (Å²) in [6.07, 6.45) is 0.154. The minimum Gasteiger partial charge on any atom is -0.481 e. The average molecular weight is 560 g/mol. The van der Waals surface area contributed by atoms with Crippen molar-refractivity contribution in [2.75, 3.05) is 6.54 Å². The van der Waals surface area contributed by atoms with Gasteiger partial charge in [-0.1, -0.05) is 48.5 Å². The first-order chi connectivity index (χ1) is 18.8. The fourth-order valence-electron chi connectivity index (χ4n) is 7.44. The molecule has 0 bridgehead atoms. The number of piperidine rings is 1. The second-order valence-corrected chi connectivity index (χ2v) is 12.5. The minimum absolute atomic E-state index is 0.0584. The zero-order chi connectivity index (χ0) is 28.9. The maximum atomic E-state index is 14.9. The summed E-state index contributed by atoms with van der Waals surface area (Å²) >= 11 is 0. The van der Waals surface area contributed by atoms with Crippen LogP contribution < -0.4 is 0 Å². The van der Waals surface area contributed by atoms with Crippen LogP contribution in [0.15, 0.2) is 48.5 Å². The van der Waals surface area contributed by atoms with Gasteiger partial charge in [0.05, 0.1) is 5.41 Å². The molecule has 1 amide bonds. The van der Waals surface area contributed by atoms with Crippen molar-refractivity contribution < 1.29 is 32.3 Å². The Morgan fingerprint density at radius 3 is 2.30 bits per heavy atom. The Bertz CT molecular complexity index is 1270. The van der Waals surface area contributed by atoms with E-state index in [-0.39, 0.29) is 23.4 Å². The van der Waals surface area contributed by atoms with Gasteiger partial charge in [-0.15, -0.1) is 0 Å². The van der Waals surface area contributed by atoms with E-state index < -0.39 is 28.6 Å². The second-order valence-electron chi connectivity index (χ2n) is 12.5. The third kappa shape index (κ3) is 4.81. The Morgan fingerprint density at radius 1 is 1.00 bits per heavy atom. The van der Waals surface area contributed by atoms with Gasteiger partial charge in [0.15, 0.2) is 0 Å². The molecule has 2 aromatic carbocycles. The highest BCUT2D eigenvalue weighted by Gasteiger charge is 2.55. The first-order valence-corrected chi connectivity index (χ1v) is 14.3. The number of fused-ring (bicyclic) bond motifs is 3. The van der Waals surface area contributed by atoms with E-state index in [1.54, 1.807) is 13.0 Å². The number of hydrogen-bond acceptors (Lipinski definition) is 2. The number of aliphatic carboxylic acids is 1. The quantitative estimate of drug-likeness (QED) is 0.397. The van der Waals surface area contributed by atoms with Gasteiger partial charge in [0, 0.05) is 23.9 Å². The summed E-state index contributed by atoms with van der Waals surface area (Å²) < 4.78 is 55.6. The van der Waals surface area contributed by atoms with Crippen LogP contribution in [-0.4, -0.2) is 40.6 Å². The fraction of sp³-hybridized carbons (Fsp3) is 0.562. The highest BCUT2D eigenvalue weighted by atomic mass is 19.4. The zero-order valence-electron chi connectivity index (χ0n) is 23.1. The second kappa shape index (κ2) is 10.2. The van der Waals surface area contributed by atoms with Gasteiger partial charge in [0.2, 0.25) is 11.6 Å². The van der Waals surface area contributed by atoms with E-state index in [1.807, 2.05) is 35.2 Å². The van der Waals surface area contributed by atoms with E-state index in [0.29, 0.717) is 58.4 Å². The number of halogens is 4. The molecule has 40 heavy (non-hydrogen) atoms. The predicted molar refractivity (Wildman–Crippen MR) is 144 cm³/mol. The maximum absolute atomic E-state index is 14.9. The van der Waals surface area contributed by atoms with Crippen LogP contribution in [0.4, 0.5) is 17.6 Å². The molecule has 1 N–H and O–H groups in total. The number of carbonyl (C=O) groups is 2. The lowest BCUT2D eigenvalue weighted by atomic mass is 9.59. The number of rotatable bonds is 5. The molecule has 3 aliphatic rings. The number of nitrogens with zero attached hydrogens (tertiary/aromatic N) is 1. The van der Waals surface area contributed by atoms with Crippen LogP contribution in [0, 0.1) is 11.3 Å². The highest BCUT2D eigenvalue weighted by Crippen LogP contribution is 2.51. The summed E-state index contributed by atoms with van der Waals surface area (Å²) in [6, 6.07) is 14.1. The van der Waals surface area contributed by atoms with Gasteiger partial charge in [-0.3, -0.25) is 9.59 Å². The monoisotopic (exact) mass is 559 g/mol. The van der Waals surface area contributed by atoms with Crippen LogP contribution >= 0.6 is 0 Å². The first kappa shape index (κ1) is 28.6. The van der Waals surface area contributed by atoms with E-state index in [4.69, 9.17) is 0 Å². The molecule has 5 rings (SSSR count).